The summed E-state index contributed by atoms with van der Waals surface area (Å²) in [6.07, 6.45) is 2.53. The largest absolute Gasteiger partial charge is 0.507 e. The maximum Gasteiger partial charge on any atom is 0.127 e. The van der Waals surface area contributed by atoms with E-state index < -0.39 is 6.10 Å². The van der Waals surface area contributed by atoms with Gasteiger partial charge in [0, 0.05) is 11.1 Å². The Morgan fingerprint density at radius 1 is 1.60 bits per heavy atom. The lowest BCUT2D eigenvalue weighted by molar-refractivity contribution is 0.206. The van der Waals surface area contributed by atoms with Gasteiger partial charge in [-0.15, -0.1) is 0 Å². The van der Waals surface area contributed by atoms with Crippen molar-refractivity contribution < 1.29 is 10.2 Å². The molecule has 1 aliphatic rings. The summed E-state index contributed by atoms with van der Waals surface area (Å²) in [7, 11) is 0. The number of hydrogen-bond donors (Lipinski definition) is 2. The fraction of sp³-hybridized carbons (Fsp3) is 0.250. The van der Waals surface area contributed by atoms with E-state index in [0.717, 1.165) is 0 Å². The van der Waals surface area contributed by atoms with E-state index in [1.54, 1.807) is 13.0 Å². The summed E-state index contributed by atoms with van der Waals surface area (Å²) in [6, 6.07) is 0. The lowest BCUT2D eigenvalue weighted by Crippen LogP contribution is -2.26. The Bertz CT molecular complexity index is 223. The van der Waals surface area contributed by atoms with Gasteiger partial charge in [-0.05, 0) is 6.92 Å². The highest BCUT2D eigenvalue weighted by Gasteiger charge is 2.30. The smallest absolute Gasteiger partial charge is 0.127 e. The lowest BCUT2D eigenvalue weighted by Gasteiger charge is -2.26. The van der Waals surface area contributed by atoms with Crippen molar-refractivity contribution in [1.82, 2.24) is 0 Å². The first kappa shape index (κ1) is 7.09. The summed E-state index contributed by atoms with van der Waals surface area (Å²) >= 11 is 0. The fourth-order valence-electron chi connectivity index (χ4n) is 1.02. The van der Waals surface area contributed by atoms with Gasteiger partial charge in [-0.2, -0.15) is 0 Å². The molecule has 2 nitrogen and oxygen atoms in total. The quantitative estimate of drug-likeness (QED) is 0.573. The molecule has 1 rings (SSSR count). The van der Waals surface area contributed by atoms with Crippen LogP contribution in [0.4, 0.5) is 0 Å². The van der Waals surface area contributed by atoms with Gasteiger partial charge in [-0.25, -0.2) is 0 Å². The first-order valence-corrected chi connectivity index (χ1v) is 3.12. The first-order valence-electron chi connectivity index (χ1n) is 3.12. The average Bonchev–Trinajstić information content (AvgIpc) is 1.90. The van der Waals surface area contributed by atoms with Crippen LogP contribution in [0.5, 0.6) is 0 Å². The van der Waals surface area contributed by atoms with Crippen LogP contribution in [0.25, 0.3) is 0 Å². The van der Waals surface area contributed by atoms with Crippen molar-refractivity contribution in [3.63, 3.8) is 0 Å². The molecule has 0 radical (unpaired) electrons. The van der Waals surface area contributed by atoms with Crippen LogP contribution in [-0.4, -0.2) is 16.3 Å². The Hall–Kier alpha value is -1.02. The van der Waals surface area contributed by atoms with Crippen LogP contribution < -0.4 is 0 Å². The van der Waals surface area contributed by atoms with Crippen LogP contribution in [-0.2, 0) is 0 Å². The minimum absolute atomic E-state index is 0.171. The van der Waals surface area contributed by atoms with Gasteiger partial charge >= 0.3 is 0 Å². The molecule has 1 unspecified atom stereocenters. The van der Waals surface area contributed by atoms with Gasteiger partial charge in [-0.1, -0.05) is 18.7 Å². The fourth-order valence-corrected chi connectivity index (χ4v) is 1.02. The maximum atomic E-state index is 9.18. The third-order valence-electron chi connectivity index (χ3n) is 1.67. The van der Waals surface area contributed by atoms with Crippen molar-refractivity contribution in [2.75, 3.05) is 0 Å². The van der Waals surface area contributed by atoms with Gasteiger partial charge in [0.25, 0.3) is 0 Å². The van der Waals surface area contributed by atoms with E-state index in [0.29, 0.717) is 11.1 Å². The highest BCUT2D eigenvalue weighted by molar-refractivity contribution is 5.53. The van der Waals surface area contributed by atoms with Gasteiger partial charge in [0.15, 0.2) is 0 Å². The predicted octanol–water partition coefficient (Wildman–Crippen LogP) is 1.31. The minimum atomic E-state index is -0.623. The maximum absolute atomic E-state index is 9.18. The van der Waals surface area contributed by atoms with E-state index in [-0.39, 0.29) is 5.76 Å². The molecule has 1 aliphatic carbocycles. The molecule has 0 bridgehead atoms. The Labute approximate surface area is 59.8 Å². The number of aliphatic hydroxyl groups is 2. The zero-order valence-corrected chi connectivity index (χ0v) is 5.83. The molecule has 2 N–H and O–H groups in total. The van der Waals surface area contributed by atoms with E-state index in [1.807, 2.05) is 0 Å². The first-order chi connectivity index (χ1) is 4.72. The van der Waals surface area contributed by atoms with Crippen LogP contribution in [0.1, 0.15) is 6.92 Å². The molecule has 0 spiro atoms. The number of aliphatic hydroxyl groups excluding tert-OH is 2. The van der Waals surface area contributed by atoms with E-state index in [4.69, 9.17) is 5.11 Å². The summed E-state index contributed by atoms with van der Waals surface area (Å²) < 4.78 is 0. The zero-order chi connectivity index (χ0) is 7.72. The molecule has 0 aliphatic heterocycles. The molecule has 0 aromatic carbocycles. The van der Waals surface area contributed by atoms with E-state index >= 15 is 0 Å². The molecule has 0 amide bonds. The summed E-state index contributed by atoms with van der Waals surface area (Å²) in [5.41, 5.74) is 1.11. The summed E-state index contributed by atoms with van der Waals surface area (Å²) in [6.45, 7) is 5.22. The van der Waals surface area contributed by atoms with Crippen molar-refractivity contribution in [3.8, 4) is 0 Å². The molecule has 54 valence electrons. The van der Waals surface area contributed by atoms with Gasteiger partial charge in [0.05, 0.1) is 0 Å². The topological polar surface area (TPSA) is 40.5 Å². The molecular weight excluding hydrogens is 128 g/mol. The zero-order valence-electron chi connectivity index (χ0n) is 5.83. The normalized spacial score (nSPS) is 28.6. The van der Waals surface area contributed by atoms with Gasteiger partial charge in [-0.3, -0.25) is 0 Å². The average molecular weight is 138 g/mol. The molecule has 0 saturated carbocycles. The SMILES string of the molecule is C=CC1=C(O)/C(=C/C)C1O. The predicted molar refractivity (Wildman–Crippen MR) is 39.6 cm³/mol. The minimum Gasteiger partial charge on any atom is -0.507 e. The van der Waals surface area contributed by atoms with E-state index in [9.17, 15) is 5.11 Å². The number of allylic oxidation sites excluding steroid dienone is 1. The Morgan fingerprint density at radius 2 is 2.20 bits per heavy atom. The molecule has 1 atom stereocenters. The molecule has 0 heterocycles. The van der Waals surface area contributed by atoms with Crippen molar-refractivity contribution in [2.45, 2.75) is 13.0 Å². The van der Waals surface area contributed by atoms with Crippen LogP contribution >= 0.6 is 0 Å². The molecule has 2 heteroatoms. The Kier molecular flexibility index (Phi) is 1.64. The second-order valence-corrected chi connectivity index (χ2v) is 2.15. The second-order valence-electron chi connectivity index (χ2n) is 2.15. The third kappa shape index (κ3) is 0.693. The highest BCUT2D eigenvalue weighted by Crippen LogP contribution is 2.32. The van der Waals surface area contributed by atoms with Gasteiger partial charge in [0.2, 0.25) is 0 Å². The van der Waals surface area contributed by atoms with Gasteiger partial charge < -0.3 is 10.2 Å². The number of rotatable bonds is 1. The second kappa shape index (κ2) is 2.31. The molecule has 10 heavy (non-hydrogen) atoms. The molecule has 0 aromatic heterocycles. The standard InChI is InChI=1S/C8H10O2/c1-3-5-7(9)6(4-2)8(5)10/h3-4,7,9-10H,1H2,2H3/b6-4+. The van der Waals surface area contributed by atoms with Crippen LogP contribution in [0.2, 0.25) is 0 Å². The Balaban J connectivity index is 2.98. The van der Waals surface area contributed by atoms with Crippen LogP contribution in [0, 0.1) is 0 Å². The lowest BCUT2D eigenvalue weighted by atomic mass is 9.86. The van der Waals surface area contributed by atoms with Crippen LogP contribution in [0.3, 0.4) is 0 Å². The highest BCUT2D eigenvalue weighted by atomic mass is 16.3. The van der Waals surface area contributed by atoms with Crippen LogP contribution in [0.15, 0.2) is 35.6 Å². The summed E-state index contributed by atoms with van der Waals surface area (Å²) in [5.74, 6) is 0.171. The third-order valence-corrected chi connectivity index (χ3v) is 1.67. The molecule has 0 saturated heterocycles. The van der Waals surface area contributed by atoms with E-state index in [2.05, 4.69) is 6.58 Å². The number of hydrogen-bond acceptors (Lipinski definition) is 2. The Morgan fingerprint density at radius 3 is 2.50 bits per heavy atom. The molecular formula is C8H10O2. The molecule has 0 aromatic rings. The van der Waals surface area contributed by atoms with Crippen molar-refractivity contribution in [2.24, 2.45) is 0 Å². The monoisotopic (exact) mass is 138 g/mol. The van der Waals surface area contributed by atoms with Crippen molar-refractivity contribution in [3.05, 3.63) is 35.6 Å². The van der Waals surface area contributed by atoms with Crippen molar-refractivity contribution in [1.29, 1.82) is 0 Å². The molecule has 0 fully saturated rings. The summed E-state index contributed by atoms with van der Waals surface area (Å²) in [5, 5.41) is 18.3. The van der Waals surface area contributed by atoms with Gasteiger partial charge in [0.1, 0.15) is 11.9 Å². The van der Waals surface area contributed by atoms with E-state index in [1.165, 1.54) is 6.08 Å². The summed E-state index contributed by atoms with van der Waals surface area (Å²) in [4.78, 5) is 0. The van der Waals surface area contributed by atoms with Crippen molar-refractivity contribution >= 4 is 0 Å².